The molecule has 1 aromatic carbocycles. The van der Waals surface area contributed by atoms with Gasteiger partial charge in [0.15, 0.2) is 0 Å². The molecule has 0 heterocycles. The minimum Gasteiger partial charge on any atom is -0.481 e. The van der Waals surface area contributed by atoms with Gasteiger partial charge in [0.25, 0.3) is 0 Å². The van der Waals surface area contributed by atoms with Crippen molar-refractivity contribution in [1.82, 2.24) is 0 Å². The molecule has 0 radical (unpaired) electrons. The lowest BCUT2D eigenvalue weighted by atomic mass is 9.69. The number of benzene rings is 1. The lowest BCUT2D eigenvalue weighted by molar-refractivity contribution is -0.152. The first-order chi connectivity index (χ1) is 9.05. The second kappa shape index (κ2) is 6.06. The fourth-order valence-corrected chi connectivity index (χ4v) is 3.10. The van der Waals surface area contributed by atoms with E-state index in [-0.39, 0.29) is 6.10 Å². The zero-order valence-electron chi connectivity index (χ0n) is 11.1. The Labute approximate surface area is 122 Å². The van der Waals surface area contributed by atoms with E-state index in [4.69, 9.17) is 4.74 Å². The van der Waals surface area contributed by atoms with Crippen LogP contribution in [-0.2, 0) is 16.0 Å². The second-order valence-corrected chi connectivity index (χ2v) is 6.24. The Bertz CT molecular complexity index is 433. The van der Waals surface area contributed by atoms with Gasteiger partial charge in [0.2, 0.25) is 0 Å². The number of methoxy groups -OCH3 is 1. The zero-order valence-corrected chi connectivity index (χ0v) is 12.6. The van der Waals surface area contributed by atoms with E-state index < -0.39 is 11.4 Å². The number of aliphatic carboxylic acids is 1. The summed E-state index contributed by atoms with van der Waals surface area (Å²) in [5.74, 6) is -0.676. The third-order valence-electron chi connectivity index (χ3n) is 4.13. The average molecular weight is 327 g/mol. The standard InChI is InChI=1S/C15H19BrO3/c1-19-13-6-8-15(9-7-13,14(17)18)10-11-2-4-12(16)5-3-11/h2-5,13H,6-10H2,1H3,(H,17,18). The number of carboxylic acids is 1. The molecule has 0 atom stereocenters. The predicted octanol–water partition coefficient (Wildman–Crippen LogP) is 3.65. The van der Waals surface area contributed by atoms with Gasteiger partial charge in [0, 0.05) is 11.6 Å². The number of carbonyl (C=O) groups is 1. The van der Waals surface area contributed by atoms with Crippen molar-refractivity contribution < 1.29 is 14.6 Å². The van der Waals surface area contributed by atoms with E-state index in [0.29, 0.717) is 19.3 Å². The van der Waals surface area contributed by atoms with Crippen LogP contribution in [-0.4, -0.2) is 24.3 Å². The SMILES string of the molecule is COC1CCC(Cc2ccc(Br)cc2)(C(=O)O)CC1. The van der Waals surface area contributed by atoms with Crippen LogP contribution in [0.4, 0.5) is 0 Å². The number of hydrogen-bond acceptors (Lipinski definition) is 2. The molecule has 4 heteroatoms. The van der Waals surface area contributed by atoms with Gasteiger partial charge in [-0.15, -0.1) is 0 Å². The molecular formula is C15H19BrO3. The molecule has 19 heavy (non-hydrogen) atoms. The minimum absolute atomic E-state index is 0.220. The lowest BCUT2D eigenvalue weighted by Crippen LogP contribution is -2.39. The maximum Gasteiger partial charge on any atom is 0.309 e. The molecule has 0 unspecified atom stereocenters. The number of hydrogen-bond donors (Lipinski definition) is 1. The van der Waals surface area contributed by atoms with Gasteiger partial charge in [0.1, 0.15) is 0 Å². The molecule has 0 spiro atoms. The van der Waals surface area contributed by atoms with Gasteiger partial charge < -0.3 is 9.84 Å². The Morgan fingerprint density at radius 3 is 2.42 bits per heavy atom. The highest BCUT2D eigenvalue weighted by Gasteiger charge is 2.41. The van der Waals surface area contributed by atoms with Gasteiger partial charge >= 0.3 is 5.97 Å². The smallest absolute Gasteiger partial charge is 0.309 e. The maximum absolute atomic E-state index is 11.7. The highest BCUT2D eigenvalue weighted by atomic mass is 79.9. The molecule has 0 aliphatic heterocycles. The molecule has 1 saturated carbocycles. The van der Waals surface area contributed by atoms with Gasteiger partial charge in [-0.25, -0.2) is 0 Å². The van der Waals surface area contributed by atoms with Crippen molar-refractivity contribution in [2.24, 2.45) is 5.41 Å². The number of halogens is 1. The van der Waals surface area contributed by atoms with Crippen molar-refractivity contribution in [3.8, 4) is 0 Å². The summed E-state index contributed by atoms with van der Waals surface area (Å²) < 4.78 is 6.35. The fraction of sp³-hybridized carbons (Fsp3) is 0.533. The van der Waals surface area contributed by atoms with Gasteiger partial charge in [-0.05, 0) is 49.8 Å². The summed E-state index contributed by atoms with van der Waals surface area (Å²) in [4.78, 5) is 11.7. The van der Waals surface area contributed by atoms with Gasteiger partial charge in [0.05, 0.1) is 11.5 Å². The molecule has 1 aliphatic rings. The summed E-state index contributed by atoms with van der Waals surface area (Å²) in [7, 11) is 1.70. The summed E-state index contributed by atoms with van der Waals surface area (Å²) in [6.07, 6.45) is 3.87. The normalized spacial score (nSPS) is 27.2. The first kappa shape index (κ1) is 14.5. The Morgan fingerprint density at radius 2 is 1.95 bits per heavy atom. The van der Waals surface area contributed by atoms with Crippen LogP contribution in [0.2, 0.25) is 0 Å². The Kier molecular flexibility index (Phi) is 4.63. The summed E-state index contributed by atoms with van der Waals surface area (Å²) >= 11 is 3.40. The zero-order chi connectivity index (χ0) is 13.9. The van der Waals surface area contributed by atoms with Gasteiger partial charge in [-0.3, -0.25) is 4.79 Å². The van der Waals surface area contributed by atoms with Crippen LogP contribution in [0.15, 0.2) is 28.7 Å². The first-order valence-electron chi connectivity index (χ1n) is 6.56. The van der Waals surface area contributed by atoms with Crippen LogP contribution in [0.5, 0.6) is 0 Å². The van der Waals surface area contributed by atoms with Crippen LogP contribution >= 0.6 is 15.9 Å². The number of ether oxygens (including phenoxy) is 1. The van der Waals surface area contributed by atoms with Gasteiger partial charge in [-0.1, -0.05) is 28.1 Å². The first-order valence-corrected chi connectivity index (χ1v) is 7.36. The van der Waals surface area contributed by atoms with Crippen molar-refractivity contribution in [3.05, 3.63) is 34.3 Å². The highest BCUT2D eigenvalue weighted by Crippen LogP contribution is 2.40. The number of carboxylic acid groups (broad SMARTS) is 1. The summed E-state index contributed by atoms with van der Waals surface area (Å²) in [5.41, 5.74) is 0.463. The van der Waals surface area contributed by atoms with E-state index in [9.17, 15) is 9.90 Å². The molecule has 1 N–H and O–H groups in total. The lowest BCUT2D eigenvalue weighted by Gasteiger charge is -2.36. The molecule has 2 rings (SSSR count). The fourth-order valence-electron chi connectivity index (χ4n) is 2.84. The summed E-state index contributed by atoms with van der Waals surface area (Å²) in [5, 5.41) is 9.61. The molecule has 3 nitrogen and oxygen atoms in total. The molecule has 1 fully saturated rings. The molecule has 0 bridgehead atoms. The van der Waals surface area contributed by atoms with Crippen molar-refractivity contribution >= 4 is 21.9 Å². The average Bonchev–Trinajstić information content (AvgIpc) is 2.42. The largest absolute Gasteiger partial charge is 0.481 e. The molecule has 0 amide bonds. The van der Waals surface area contributed by atoms with Crippen LogP contribution in [0.3, 0.4) is 0 Å². The van der Waals surface area contributed by atoms with E-state index in [2.05, 4.69) is 15.9 Å². The second-order valence-electron chi connectivity index (χ2n) is 5.32. The minimum atomic E-state index is -0.676. The maximum atomic E-state index is 11.7. The Hall–Kier alpha value is -0.870. The van der Waals surface area contributed by atoms with Crippen molar-refractivity contribution in [3.63, 3.8) is 0 Å². The van der Waals surface area contributed by atoms with Crippen LogP contribution in [0.25, 0.3) is 0 Å². The number of rotatable bonds is 4. The molecule has 104 valence electrons. The molecule has 1 aliphatic carbocycles. The van der Waals surface area contributed by atoms with Crippen molar-refractivity contribution in [2.75, 3.05) is 7.11 Å². The van der Waals surface area contributed by atoms with E-state index in [1.165, 1.54) is 0 Å². The van der Waals surface area contributed by atoms with Crippen molar-refractivity contribution in [1.29, 1.82) is 0 Å². The van der Waals surface area contributed by atoms with E-state index >= 15 is 0 Å². The van der Waals surface area contributed by atoms with Crippen LogP contribution in [0.1, 0.15) is 31.2 Å². The Morgan fingerprint density at radius 1 is 1.37 bits per heavy atom. The van der Waals surface area contributed by atoms with Crippen molar-refractivity contribution in [2.45, 2.75) is 38.2 Å². The topological polar surface area (TPSA) is 46.5 Å². The molecule has 0 saturated heterocycles. The summed E-state index contributed by atoms with van der Waals surface area (Å²) in [6, 6.07) is 7.92. The third-order valence-corrected chi connectivity index (χ3v) is 4.66. The Balaban J connectivity index is 2.12. The summed E-state index contributed by atoms with van der Waals surface area (Å²) in [6.45, 7) is 0. The molecule has 1 aromatic rings. The third kappa shape index (κ3) is 3.37. The van der Waals surface area contributed by atoms with E-state index in [0.717, 1.165) is 22.9 Å². The van der Waals surface area contributed by atoms with Crippen LogP contribution in [0, 0.1) is 5.41 Å². The predicted molar refractivity (Wildman–Crippen MR) is 77.2 cm³/mol. The van der Waals surface area contributed by atoms with E-state index in [1.54, 1.807) is 7.11 Å². The molecule has 0 aromatic heterocycles. The van der Waals surface area contributed by atoms with Crippen LogP contribution < -0.4 is 0 Å². The van der Waals surface area contributed by atoms with E-state index in [1.807, 2.05) is 24.3 Å². The molecular weight excluding hydrogens is 308 g/mol. The monoisotopic (exact) mass is 326 g/mol. The highest BCUT2D eigenvalue weighted by molar-refractivity contribution is 9.10. The van der Waals surface area contributed by atoms with Gasteiger partial charge in [-0.2, -0.15) is 0 Å². The quantitative estimate of drug-likeness (QED) is 0.918.